The highest BCUT2D eigenvalue weighted by Gasteiger charge is 2.20. The van der Waals surface area contributed by atoms with E-state index in [-0.39, 0.29) is 10.9 Å². The van der Waals surface area contributed by atoms with Gasteiger partial charge in [0.1, 0.15) is 0 Å². The van der Waals surface area contributed by atoms with Gasteiger partial charge < -0.3 is 15.5 Å². The van der Waals surface area contributed by atoms with E-state index < -0.39 is 7.12 Å². The number of hydrogen-bond donors (Lipinski definition) is 2. The van der Waals surface area contributed by atoms with Gasteiger partial charge >= 0.3 is 7.12 Å². The van der Waals surface area contributed by atoms with Gasteiger partial charge in [-0.2, -0.15) is 0 Å². The van der Waals surface area contributed by atoms with Crippen LogP contribution in [0.1, 0.15) is 20.3 Å². The molecule has 1 aliphatic carbocycles. The Hall–Kier alpha value is -0.575. The Balaban J connectivity index is 0.00000121. The number of allylic oxidation sites excluding steroid dienone is 4. The minimum Gasteiger partial charge on any atom is -0.423 e. The van der Waals surface area contributed by atoms with Gasteiger partial charge in [0.15, 0.2) is 0 Å². The molecule has 3 nitrogen and oxygen atoms in total. The summed E-state index contributed by atoms with van der Waals surface area (Å²) in [7, 11) is -1.32. The number of hydrogen-bond acceptors (Lipinski definition) is 2. The van der Waals surface area contributed by atoms with Crippen LogP contribution < -0.4 is 0 Å². The van der Waals surface area contributed by atoms with Crippen LogP contribution in [0.2, 0.25) is 0 Å². The quantitative estimate of drug-likeness (QED) is 0.547. The third-order valence-corrected chi connectivity index (χ3v) is 1.89. The van der Waals surface area contributed by atoms with Crippen LogP contribution >= 0.6 is 0 Å². The molecule has 0 amide bonds. The predicted molar refractivity (Wildman–Crippen MR) is 49.4 cm³/mol. The zero-order valence-electron chi connectivity index (χ0n) is 7.41. The van der Waals surface area contributed by atoms with Crippen molar-refractivity contribution in [2.45, 2.75) is 20.3 Å². The predicted octanol–water partition coefficient (Wildman–Crippen LogP) is 0.0862. The minimum atomic E-state index is -1.32. The lowest BCUT2D eigenvalue weighted by molar-refractivity contribution is 0.417. The molecule has 0 saturated heterocycles. The third kappa shape index (κ3) is 2.81. The Morgan fingerprint density at radius 3 is 2.33 bits per heavy atom. The molecule has 4 N–H and O–H groups in total. The van der Waals surface area contributed by atoms with E-state index in [4.69, 9.17) is 10.0 Å². The van der Waals surface area contributed by atoms with Crippen molar-refractivity contribution >= 4 is 7.12 Å². The first kappa shape index (κ1) is 11.4. The van der Waals surface area contributed by atoms with Gasteiger partial charge in [0.2, 0.25) is 0 Å². The lowest BCUT2D eigenvalue weighted by Gasteiger charge is -2.22. The van der Waals surface area contributed by atoms with E-state index in [0.29, 0.717) is 5.47 Å². The second-order valence-electron chi connectivity index (χ2n) is 3.60. The first-order chi connectivity index (χ1) is 5.01. The van der Waals surface area contributed by atoms with Crippen molar-refractivity contribution in [1.82, 2.24) is 0 Å². The highest BCUT2D eigenvalue weighted by atomic mass is 16.4. The van der Waals surface area contributed by atoms with Crippen LogP contribution in [0.3, 0.4) is 0 Å². The van der Waals surface area contributed by atoms with Gasteiger partial charge in [0.25, 0.3) is 0 Å². The van der Waals surface area contributed by atoms with Crippen molar-refractivity contribution in [3.8, 4) is 0 Å². The van der Waals surface area contributed by atoms with E-state index >= 15 is 0 Å². The maximum absolute atomic E-state index is 8.78. The largest absolute Gasteiger partial charge is 0.488 e. The Labute approximate surface area is 72.9 Å². The van der Waals surface area contributed by atoms with Crippen molar-refractivity contribution < 1.29 is 15.5 Å². The van der Waals surface area contributed by atoms with E-state index in [0.717, 1.165) is 6.42 Å². The Kier molecular flexibility index (Phi) is 3.71. The summed E-state index contributed by atoms with van der Waals surface area (Å²) in [5.41, 5.74) is 0.766. The van der Waals surface area contributed by atoms with E-state index in [1.165, 1.54) is 0 Å². The molecule has 0 aliphatic heterocycles. The standard InChI is InChI=1S/C8H13BO2.H2O/c1-8(2)5-3-7(4-6-8)9(10)11;/h3-5,10-11H,6H2,1-2H3;1H2. The molecule has 4 heteroatoms. The molecule has 12 heavy (non-hydrogen) atoms. The molecule has 68 valence electrons. The van der Waals surface area contributed by atoms with Gasteiger partial charge in [0, 0.05) is 0 Å². The lowest BCUT2D eigenvalue weighted by Crippen LogP contribution is -2.18. The molecule has 1 rings (SSSR count). The van der Waals surface area contributed by atoms with Gasteiger partial charge in [0.05, 0.1) is 0 Å². The van der Waals surface area contributed by atoms with Crippen LogP contribution in [-0.4, -0.2) is 22.6 Å². The van der Waals surface area contributed by atoms with Crippen molar-refractivity contribution in [3.05, 3.63) is 23.7 Å². The normalized spacial score (nSPS) is 19.5. The van der Waals surface area contributed by atoms with Crippen molar-refractivity contribution in [2.24, 2.45) is 5.41 Å². The maximum atomic E-state index is 8.78. The molecule has 0 aromatic carbocycles. The molecule has 0 aromatic rings. The molecule has 1 aliphatic rings. The van der Waals surface area contributed by atoms with E-state index in [9.17, 15) is 0 Å². The lowest BCUT2D eigenvalue weighted by atomic mass is 9.72. The van der Waals surface area contributed by atoms with Crippen LogP contribution in [0.15, 0.2) is 23.7 Å². The second-order valence-corrected chi connectivity index (χ2v) is 3.60. The second kappa shape index (κ2) is 3.89. The molecular weight excluding hydrogens is 155 g/mol. The molecule has 0 saturated carbocycles. The average molecular weight is 170 g/mol. The van der Waals surface area contributed by atoms with Crippen LogP contribution in [0, 0.1) is 5.41 Å². The van der Waals surface area contributed by atoms with E-state index in [1.807, 2.05) is 12.2 Å². The summed E-state index contributed by atoms with van der Waals surface area (Å²) >= 11 is 0. The van der Waals surface area contributed by atoms with Crippen LogP contribution in [0.5, 0.6) is 0 Å². The fourth-order valence-electron chi connectivity index (χ4n) is 1.03. The minimum absolute atomic E-state index is 0. The maximum Gasteiger partial charge on any atom is 0.488 e. The summed E-state index contributed by atoms with van der Waals surface area (Å²) in [6, 6.07) is 0. The van der Waals surface area contributed by atoms with Crippen LogP contribution in [-0.2, 0) is 0 Å². The van der Waals surface area contributed by atoms with Crippen molar-refractivity contribution in [3.63, 3.8) is 0 Å². The molecular formula is C8H15BO3. The third-order valence-electron chi connectivity index (χ3n) is 1.89. The van der Waals surface area contributed by atoms with Gasteiger partial charge in [-0.15, -0.1) is 0 Å². The molecule has 0 heterocycles. The first-order valence-electron chi connectivity index (χ1n) is 3.77. The van der Waals surface area contributed by atoms with Crippen LogP contribution in [0.25, 0.3) is 0 Å². The Morgan fingerprint density at radius 2 is 2.00 bits per heavy atom. The van der Waals surface area contributed by atoms with Crippen molar-refractivity contribution in [1.29, 1.82) is 0 Å². The monoisotopic (exact) mass is 170 g/mol. The molecule has 0 spiro atoms. The summed E-state index contributed by atoms with van der Waals surface area (Å²) in [6.07, 6.45) is 6.51. The average Bonchev–Trinajstić information content (AvgIpc) is 1.86. The Morgan fingerprint density at radius 1 is 1.42 bits per heavy atom. The van der Waals surface area contributed by atoms with Crippen LogP contribution in [0.4, 0.5) is 0 Å². The summed E-state index contributed by atoms with van der Waals surface area (Å²) in [6.45, 7) is 4.22. The highest BCUT2D eigenvalue weighted by Crippen LogP contribution is 2.28. The van der Waals surface area contributed by atoms with Gasteiger partial charge in [-0.05, 0) is 17.3 Å². The fraction of sp³-hybridized carbons (Fsp3) is 0.500. The zero-order valence-corrected chi connectivity index (χ0v) is 7.41. The molecule has 0 radical (unpaired) electrons. The van der Waals surface area contributed by atoms with Crippen molar-refractivity contribution in [2.75, 3.05) is 0 Å². The molecule has 0 bridgehead atoms. The summed E-state index contributed by atoms with van der Waals surface area (Å²) in [4.78, 5) is 0. The number of rotatable bonds is 1. The molecule has 0 unspecified atom stereocenters. The summed E-state index contributed by atoms with van der Waals surface area (Å²) in [5, 5.41) is 17.6. The molecule has 0 atom stereocenters. The van der Waals surface area contributed by atoms with Gasteiger partial charge in [-0.3, -0.25) is 0 Å². The smallest absolute Gasteiger partial charge is 0.423 e. The SMILES string of the molecule is CC1(C)C=CC(B(O)O)=CC1.O. The zero-order chi connectivity index (χ0) is 8.48. The van der Waals surface area contributed by atoms with Gasteiger partial charge in [-0.1, -0.05) is 32.1 Å². The first-order valence-corrected chi connectivity index (χ1v) is 3.77. The molecule has 0 fully saturated rings. The van der Waals surface area contributed by atoms with E-state index in [2.05, 4.69) is 13.8 Å². The Bertz CT molecular complexity index is 206. The van der Waals surface area contributed by atoms with E-state index in [1.54, 1.807) is 6.08 Å². The highest BCUT2D eigenvalue weighted by molar-refractivity contribution is 6.51. The van der Waals surface area contributed by atoms with Gasteiger partial charge in [-0.25, -0.2) is 0 Å². The topological polar surface area (TPSA) is 72.0 Å². The molecule has 0 aromatic heterocycles. The summed E-state index contributed by atoms with van der Waals surface area (Å²) < 4.78 is 0. The fourth-order valence-corrected chi connectivity index (χ4v) is 1.03. The summed E-state index contributed by atoms with van der Waals surface area (Å²) in [5.74, 6) is 0.